The van der Waals surface area contributed by atoms with Crippen molar-refractivity contribution in [3.8, 4) is 0 Å². The van der Waals surface area contributed by atoms with Crippen molar-refractivity contribution in [1.29, 1.82) is 0 Å². The average molecular weight is 285 g/mol. The number of hydrogen-bond donors (Lipinski definition) is 1. The summed E-state index contributed by atoms with van der Waals surface area (Å²) in [5.74, 6) is 0.633. The van der Waals surface area contributed by atoms with Gasteiger partial charge in [-0.25, -0.2) is 9.78 Å². The summed E-state index contributed by atoms with van der Waals surface area (Å²) in [4.78, 5) is 16.0. The highest BCUT2D eigenvalue weighted by Gasteiger charge is 2.18. The summed E-state index contributed by atoms with van der Waals surface area (Å²) in [6.45, 7) is 2.44. The van der Waals surface area contributed by atoms with E-state index in [0.29, 0.717) is 24.0 Å². The van der Waals surface area contributed by atoms with Crippen LogP contribution in [0, 0.1) is 0 Å². The highest BCUT2D eigenvalue weighted by molar-refractivity contribution is 6.01. The Bertz CT molecular complexity index is 818. The van der Waals surface area contributed by atoms with Crippen LogP contribution < -0.4 is 0 Å². The van der Waals surface area contributed by atoms with E-state index in [2.05, 4.69) is 15.2 Å². The summed E-state index contributed by atoms with van der Waals surface area (Å²) < 4.78 is 3.72. The van der Waals surface area contributed by atoms with E-state index < -0.39 is 5.97 Å². The number of carboxylic acids is 1. The molecular formula is C14H15N5O2. The van der Waals surface area contributed by atoms with E-state index >= 15 is 0 Å². The number of rotatable bonds is 4. The number of hydrogen-bond acceptors (Lipinski definition) is 4. The van der Waals surface area contributed by atoms with Crippen molar-refractivity contribution < 1.29 is 9.90 Å². The van der Waals surface area contributed by atoms with Gasteiger partial charge in [0, 0.05) is 13.5 Å². The monoisotopic (exact) mass is 285 g/mol. The van der Waals surface area contributed by atoms with Gasteiger partial charge in [-0.3, -0.25) is 0 Å². The third kappa shape index (κ3) is 2.16. The molecule has 2 aromatic heterocycles. The Morgan fingerprint density at radius 2 is 2.14 bits per heavy atom. The van der Waals surface area contributed by atoms with Gasteiger partial charge in [0.05, 0.1) is 23.1 Å². The van der Waals surface area contributed by atoms with Gasteiger partial charge in [0.25, 0.3) is 0 Å². The molecule has 0 aliphatic heterocycles. The molecule has 0 saturated carbocycles. The normalized spacial score (nSPS) is 11.1. The van der Waals surface area contributed by atoms with Gasteiger partial charge in [0.1, 0.15) is 12.2 Å². The topological polar surface area (TPSA) is 85.8 Å². The lowest BCUT2D eigenvalue weighted by Crippen LogP contribution is -2.11. The lowest BCUT2D eigenvalue weighted by molar-refractivity contribution is 0.0698. The molecule has 3 rings (SSSR count). The van der Waals surface area contributed by atoms with Crippen LogP contribution in [0.2, 0.25) is 0 Å². The number of carboxylic acid groups (broad SMARTS) is 1. The maximum absolute atomic E-state index is 11.5. The molecule has 2 heterocycles. The summed E-state index contributed by atoms with van der Waals surface area (Å²) in [7, 11) is 1.86. The van der Waals surface area contributed by atoms with E-state index in [0.717, 1.165) is 11.6 Å². The van der Waals surface area contributed by atoms with Crippen LogP contribution in [0.5, 0.6) is 0 Å². The molecule has 0 radical (unpaired) electrons. The van der Waals surface area contributed by atoms with E-state index in [1.54, 1.807) is 18.5 Å². The molecule has 0 bridgehead atoms. The molecule has 0 atom stereocenters. The number of carbonyl (C=O) groups is 1. The second kappa shape index (κ2) is 5.01. The number of imidazole rings is 1. The lowest BCUT2D eigenvalue weighted by atomic mass is 10.2. The Kier molecular flexibility index (Phi) is 3.17. The number of aryl methyl sites for hydroxylation is 2. The number of aromatic nitrogens is 5. The van der Waals surface area contributed by atoms with Crippen molar-refractivity contribution in [1.82, 2.24) is 24.3 Å². The maximum Gasteiger partial charge on any atom is 0.337 e. The molecule has 0 aliphatic carbocycles. The quantitative estimate of drug-likeness (QED) is 0.784. The SMILES string of the molecule is CCc1nc2cccc(C(=O)O)c2n1Cc1nncn1C. The van der Waals surface area contributed by atoms with Crippen molar-refractivity contribution in [2.75, 3.05) is 0 Å². The van der Waals surface area contributed by atoms with Gasteiger partial charge in [0.15, 0.2) is 5.82 Å². The fourth-order valence-corrected chi connectivity index (χ4v) is 2.44. The molecule has 7 nitrogen and oxygen atoms in total. The van der Waals surface area contributed by atoms with Crippen LogP contribution >= 0.6 is 0 Å². The first-order valence-electron chi connectivity index (χ1n) is 6.66. The summed E-state index contributed by atoms with van der Waals surface area (Å²) in [6.07, 6.45) is 2.34. The van der Waals surface area contributed by atoms with Crippen LogP contribution in [0.15, 0.2) is 24.5 Å². The third-order valence-corrected chi connectivity index (χ3v) is 3.50. The van der Waals surface area contributed by atoms with Crippen molar-refractivity contribution in [2.45, 2.75) is 19.9 Å². The van der Waals surface area contributed by atoms with Gasteiger partial charge in [0.2, 0.25) is 0 Å². The Morgan fingerprint density at radius 1 is 1.33 bits per heavy atom. The average Bonchev–Trinajstić information content (AvgIpc) is 3.03. The summed E-state index contributed by atoms with van der Waals surface area (Å²) >= 11 is 0. The molecule has 0 saturated heterocycles. The molecule has 0 unspecified atom stereocenters. The standard InChI is InChI=1S/C14H15N5O2/c1-3-11-16-10-6-4-5-9(14(20)21)13(10)19(11)7-12-17-15-8-18(12)2/h4-6,8H,3,7H2,1-2H3,(H,20,21). The van der Waals surface area contributed by atoms with Crippen LogP contribution in [-0.2, 0) is 20.0 Å². The zero-order chi connectivity index (χ0) is 15.0. The van der Waals surface area contributed by atoms with E-state index in [1.165, 1.54) is 0 Å². The number of nitrogens with zero attached hydrogens (tertiary/aromatic N) is 5. The Hall–Kier alpha value is -2.70. The van der Waals surface area contributed by atoms with Gasteiger partial charge >= 0.3 is 5.97 Å². The van der Waals surface area contributed by atoms with Crippen LogP contribution in [0.1, 0.15) is 28.9 Å². The smallest absolute Gasteiger partial charge is 0.337 e. The van der Waals surface area contributed by atoms with Crippen LogP contribution in [0.25, 0.3) is 11.0 Å². The van der Waals surface area contributed by atoms with Crippen LogP contribution in [0.4, 0.5) is 0 Å². The number of aromatic carboxylic acids is 1. The molecule has 3 aromatic rings. The fourth-order valence-electron chi connectivity index (χ4n) is 2.44. The van der Waals surface area contributed by atoms with Crippen molar-refractivity contribution in [3.63, 3.8) is 0 Å². The van der Waals surface area contributed by atoms with Gasteiger partial charge in [-0.15, -0.1) is 10.2 Å². The van der Waals surface area contributed by atoms with E-state index in [1.807, 2.05) is 29.2 Å². The minimum Gasteiger partial charge on any atom is -0.478 e. The van der Waals surface area contributed by atoms with E-state index in [4.69, 9.17) is 0 Å². The van der Waals surface area contributed by atoms with Gasteiger partial charge < -0.3 is 14.2 Å². The molecule has 0 amide bonds. The Labute approximate surface area is 120 Å². The predicted octanol–water partition coefficient (Wildman–Crippen LogP) is 1.47. The molecule has 1 aromatic carbocycles. The molecular weight excluding hydrogens is 270 g/mol. The Morgan fingerprint density at radius 3 is 2.76 bits per heavy atom. The second-order valence-corrected chi connectivity index (χ2v) is 4.80. The number of benzene rings is 1. The lowest BCUT2D eigenvalue weighted by Gasteiger charge is -2.09. The van der Waals surface area contributed by atoms with Crippen molar-refractivity contribution in [2.24, 2.45) is 7.05 Å². The molecule has 0 spiro atoms. The fraction of sp³-hybridized carbons (Fsp3) is 0.286. The molecule has 21 heavy (non-hydrogen) atoms. The zero-order valence-electron chi connectivity index (χ0n) is 11.8. The van der Waals surface area contributed by atoms with Gasteiger partial charge in [-0.05, 0) is 12.1 Å². The predicted molar refractivity (Wildman–Crippen MR) is 76.2 cm³/mol. The maximum atomic E-state index is 11.5. The van der Waals surface area contributed by atoms with Crippen LogP contribution in [-0.4, -0.2) is 35.4 Å². The third-order valence-electron chi connectivity index (χ3n) is 3.50. The minimum absolute atomic E-state index is 0.252. The summed E-state index contributed by atoms with van der Waals surface area (Å²) in [6, 6.07) is 5.14. The molecule has 0 fully saturated rings. The van der Waals surface area contributed by atoms with Gasteiger partial charge in [-0.1, -0.05) is 13.0 Å². The Balaban J connectivity index is 2.24. The molecule has 1 N–H and O–H groups in total. The van der Waals surface area contributed by atoms with Crippen molar-refractivity contribution in [3.05, 3.63) is 41.7 Å². The first-order valence-corrected chi connectivity index (χ1v) is 6.66. The first-order chi connectivity index (χ1) is 10.1. The van der Waals surface area contributed by atoms with Crippen molar-refractivity contribution >= 4 is 17.0 Å². The first kappa shape index (κ1) is 13.3. The highest BCUT2D eigenvalue weighted by atomic mass is 16.4. The number of para-hydroxylation sites is 1. The number of fused-ring (bicyclic) bond motifs is 1. The molecule has 7 heteroatoms. The van der Waals surface area contributed by atoms with E-state index in [-0.39, 0.29) is 5.56 Å². The molecule has 108 valence electrons. The zero-order valence-corrected chi connectivity index (χ0v) is 11.8. The molecule has 0 aliphatic rings. The highest BCUT2D eigenvalue weighted by Crippen LogP contribution is 2.22. The summed E-state index contributed by atoms with van der Waals surface area (Å²) in [5.41, 5.74) is 1.57. The largest absolute Gasteiger partial charge is 0.478 e. The minimum atomic E-state index is -0.956. The van der Waals surface area contributed by atoms with E-state index in [9.17, 15) is 9.90 Å². The second-order valence-electron chi connectivity index (χ2n) is 4.80. The van der Waals surface area contributed by atoms with Crippen LogP contribution in [0.3, 0.4) is 0 Å². The summed E-state index contributed by atoms with van der Waals surface area (Å²) in [5, 5.41) is 17.3. The van der Waals surface area contributed by atoms with Gasteiger partial charge in [-0.2, -0.15) is 0 Å².